The summed E-state index contributed by atoms with van der Waals surface area (Å²) in [6.07, 6.45) is 0.683. The maximum atomic E-state index is 13.0. The minimum Gasteiger partial charge on any atom is -0.396 e. The van der Waals surface area contributed by atoms with Crippen molar-refractivity contribution >= 4 is 15.7 Å². The van der Waals surface area contributed by atoms with Gasteiger partial charge in [0.25, 0.3) is 0 Å². The van der Waals surface area contributed by atoms with E-state index < -0.39 is 15.8 Å². The first-order valence-electron chi connectivity index (χ1n) is 5.94. The van der Waals surface area contributed by atoms with Crippen molar-refractivity contribution in [2.75, 3.05) is 26.4 Å². The van der Waals surface area contributed by atoms with Crippen molar-refractivity contribution < 1.29 is 12.8 Å². The van der Waals surface area contributed by atoms with Crippen molar-refractivity contribution in [1.29, 1.82) is 0 Å². The monoisotopic (exact) mass is 289 g/mol. The molecule has 0 radical (unpaired) electrons. The molecule has 0 saturated carbocycles. The number of nitrogens with zero attached hydrogens (tertiary/aromatic N) is 1. The van der Waals surface area contributed by atoms with E-state index in [-0.39, 0.29) is 16.6 Å². The summed E-state index contributed by atoms with van der Waals surface area (Å²) >= 11 is 0. The first-order chi connectivity index (χ1) is 8.72. The molecule has 0 heterocycles. The van der Waals surface area contributed by atoms with Crippen molar-refractivity contribution in [1.82, 2.24) is 9.62 Å². The van der Waals surface area contributed by atoms with E-state index in [9.17, 15) is 12.8 Å². The van der Waals surface area contributed by atoms with Gasteiger partial charge in [0, 0.05) is 6.04 Å². The number of halogens is 1. The van der Waals surface area contributed by atoms with Crippen LogP contribution in [0.25, 0.3) is 0 Å². The maximum Gasteiger partial charge on any atom is 0.240 e. The first kappa shape index (κ1) is 15.9. The zero-order chi connectivity index (χ0) is 14.6. The van der Waals surface area contributed by atoms with E-state index in [1.807, 2.05) is 19.0 Å². The van der Waals surface area contributed by atoms with Gasteiger partial charge in [0.15, 0.2) is 0 Å². The van der Waals surface area contributed by atoms with Gasteiger partial charge in [-0.3, -0.25) is 0 Å². The van der Waals surface area contributed by atoms with Gasteiger partial charge >= 0.3 is 0 Å². The molecule has 0 amide bonds. The van der Waals surface area contributed by atoms with Crippen LogP contribution in [0.2, 0.25) is 0 Å². The molecule has 1 aromatic rings. The van der Waals surface area contributed by atoms with Gasteiger partial charge in [-0.1, -0.05) is 0 Å². The molecule has 108 valence electrons. The van der Waals surface area contributed by atoms with E-state index >= 15 is 0 Å². The van der Waals surface area contributed by atoms with Crippen molar-refractivity contribution in [3.8, 4) is 0 Å². The summed E-state index contributed by atoms with van der Waals surface area (Å²) in [5, 5.41) is 0. The third-order valence-electron chi connectivity index (χ3n) is 2.64. The molecular formula is C12H20FN3O2S. The SMILES string of the molecule is CC(CCN(C)C)NS(=O)(=O)c1ccc(F)c(N)c1. The summed E-state index contributed by atoms with van der Waals surface area (Å²) in [6, 6.07) is 3.16. The van der Waals surface area contributed by atoms with Crippen LogP contribution in [0.1, 0.15) is 13.3 Å². The number of nitrogens with two attached hydrogens (primary N) is 1. The van der Waals surface area contributed by atoms with Crippen molar-refractivity contribution in [2.24, 2.45) is 0 Å². The molecule has 0 saturated heterocycles. The van der Waals surface area contributed by atoms with Crippen molar-refractivity contribution in [3.63, 3.8) is 0 Å². The van der Waals surface area contributed by atoms with Crippen LogP contribution in [0.4, 0.5) is 10.1 Å². The van der Waals surface area contributed by atoms with Crippen LogP contribution in [0.5, 0.6) is 0 Å². The van der Waals surface area contributed by atoms with Crippen LogP contribution < -0.4 is 10.5 Å². The van der Waals surface area contributed by atoms with Gasteiger partial charge in [-0.2, -0.15) is 0 Å². The number of nitrogens with one attached hydrogen (secondary N) is 1. The van der Waals surface area contributed by atoms with Gasteiger partial charge < -0.3 is 10.6 Å². The van der Waals surface area contributed by atoms with E-state index in [4.69, 9.17) is 5.73 Å². The highest BCUT2D eigenvalue weighted by molar-refractivity contribution is 7.89. The second kappa shape index (κ2) is 6.31. The molecule has 1 rings (SSSR count). The normalized spacial score (nSPS) is 13.7. The zero-order valence-electron chi connectivity index (χ0n) is 11.4. The second-order valence-corrected chi connectivity index (χ2v) is 6.51. The number of hydrogen-bond acceptors (Lipinski definition) is 4. The number of hydrogen-bond donors (Lipinski definition) is 2. The Bertz CT molecular complexity index is 532. The van der Waals surface area contributed by atoms with Crippen molar-refractivity contribution in [3.05, 3.63) is 24.0 Å². The van der Waals surface area contributed by atoms with Crippen LogP contribution in [0.15, 0.2) is 23.1 Å². The molecule has 1 unspecified atom stereocenters. The highest BCUT2D eigenvalue weighted by atomic mass is 32.2. The molecule has 0 spiro atoms. The maximum absolute atomic E-state index is 13.0. The Morgan fingerprint density at radius 1 is 1.42 bits per heavy atom. The Morgan fingerprint density at radius 2 is 2.05 bits per heavy atom. The predicted octanol–water partition coefficient (Wildman–Crippen LogP) is 1.03. The van der Waals surface area contributed by atoms with Crippen LogP contribution in [-0.4, -0.2) is 40.0 Å². The molecule has 0 aromatic heterocycles. The average Bonchev–Trinajstić information content (AvgIpc) is 2.29. The fourth-order valence-electron chi connectivity index (χ4n) is 1.53. The van der Waals surface area contributed by atoms with Gasteiger partial charge in [0.05, 0.1) is 10.6 Å². The lowest BCUT2D eigenvalue weighted by Crippen LogP contribution is -2.34. The number of anilines is 1. The van der Waals surface area contributed by atoms with Gasteiger partial charge in [-0.05, 0) is 52.2 Å². The topological polar surface area (TPSA) is 75.4 Å². The van der Waals surface area contributed by atoms with Crippen LogP contribution in [0, 0.1) is 5.82 Å². The Balaban J connectivity index is 2.77. The smallest absolute Gasteiger partial charge is 0.240 e. The highest BCUT2D eigenvalue weighted by Gasteiger charge is 2.18. The fraction of sp³-hybridized carbons (Fsp3) is 0.500. The lowest BCUT2D eigenvalue weighted by molar-refractivity contribution is 0.379. The molecule has 3 N–H and O–H groups in total. The van der Waals surface area contributed by atoms with Crippen LogP contribution in [-0.2, 0) is 10.0 Å². The second-order valence-electron chi connectivity index (χ2n) is 4.80. The number of benzene rings is 1. The molecule has 5 nitrogen and oxygen atoms in total. The summed E-state index contributed by atoms with van der Waals surface area (Å²) in [5.41, 5.74) is 5.20. The quantitative estimate of drug-likeness (QED) is 0.767. The standard InChI is InChI=1S/C12H20FN3O2S/c1-9(6-7-16(2)3)15-19(17,18)10-4-5-11(13)12(14)8-10/h4-5,8-9,15H,6-7,14H2,1-3H3. The van der Waals surface area contributed by atoms with Gasteiger partial charge in [0.2, 0.25) is 10.0 Å². The van der Waals surface area contributed by atoms with E-state index in [0.717, 1.165) is 18.7 Å². The predicted molar refractivity (Wildman–Crippen MR) is 73.8 cm³/mol. The van der Waals surface area contributed by atoms with Crippen molar-refractivity contribution in [2.45, 2.75) is 24.3 Å². The summed E-state index contributed by atoms with van der Waals surface area (Å²) in [6.45, 7) is 2.56. The first-order valence-corrected chi connectivity index (χ1v) is 7.43. The fourth-order valence-corrected chi connectivity index (χ4v) is 2.85. The minimum atomic E-state index is -3.66. The lowest BCUT2D eigenvalue weighted by Gasteiger charge is -2.17. The molecule has 1 atom stereocenters. The molecular weight excluding hydrogens is 269 g/mol. The van der Waals surface area contributed by atoms with Crippen LogP contribution in [0.3, 0.4) is 0 Å². The third kappa shape index (κ3) is 4.77. The molecule has 0 aliphatic heterocycles. The van der Waals surface area contributed by atoms with Gasteiger partial charge in [-0.15, -0.1) is 0 Å². The van der Waals surface area contributed by atoms with E-state index in [1.54, 1.807) is 6.92 Å². The molecule has 19 heavy (non-hydrogen) atoms. The van der Waals surface area contributed by atoms with Crippen LogP contribution >= 0.6 is 0 Å². The molecule has 1 aromatic carbocycles. The zero-order valence-corrected chi connectivity index (χ0v) is 12.2. The van der Waals surface area contributed by atoms with E-state index in [0.29, 0.717) is 6.42 Å². The molecule has 0 aliphatic rings. The Kier molecular flexibility index (Phi) is 5.28. The molecule has 7 heteroatoms. The largest absolute Gasteiger partial charge is 0.396 e. The summed E-state index contributed by atoms with van der Waals surface area (Å²) < 4.78 is 39.7. The third-order valence-corrected chi connectivity index (χ3v) is 4.23. The number of rotatable bonds is 6. The highest BCUT2D eigenvalue weighted by Crippen LogP contribution is 2.17. The Hall–Kier alpha value is -1.18. The molecule has 0 aliphatic carbocycles. The summed E-state index contributed by atoms with van der Waals surface area (Å²) in [5.74, 6) is -0.625. The van der Waals surface area contributed by atoms with Gasteiger partial charge in [-0.25, -0.2) is 17.5 Å². The summed E-state index contributed by atoms with van der Waals surface area (Å²) in [4.78, 5) is 1.95. The average molecular weight is 289 g/mol. The van der Waals surface area contributed by atoms with E-state index in [2.05, 4.69) is 4.72 Å². The van der Waals surface area contributed by atoms with E-state index in [1.165, 1.54) is 6.07 Å². The Morgan fingerprint density at radius 3 is 2.58 bits per heavy atom. The number of nitrogen functional groups attached to an aromatic ring is 1. The molecule has 0 fully saturated rings. The lowest BCUT2D eigenvalue weighted by atomic mass is 10.2. The molecule has 0 bridgehead atoms. The Labute approximate surface area is 113 Å². The van der Waals surface area contributed by atoms with Gasteiger partial charge in [0.1, 0.15) is 5.82 Å². The summed E-state index contributed by atoms with van der Waals surface area (Å²) in [7, 11) is 0.175. The minimum absolute atomic E-state index is 0.0249. The number of sulfonamides is 1.